The van der Waals surface area contributed by atoms with Crippen LogP contribution in [0, 0.1) is 6.92 Å². The zero-order valence-electron chi connectivity index (χ0n) is 11.1. The second-order valence-electron chi connectivity index (χ2n) is 4.22. The standard InChI is InChI=1S/C14H17N3O2/c1-3-19-12(18)8-17-14-10-5-4-6-11(15)13(10)9(2)7-16-14/h4-7H,3,8,15H2,1-2H3,(H,16,17). The number of anilines is 2. The highest BCUT2D eigenvalue weighted by Gasteiger charge is 2.09. The summed E-state index contributed by atoms with van der Waals surface area (Å²) in [4.78, 5) is 15.7. The minimum absolute atomic E-state index is 0.0911. The molecule has 0 unspecified atom stereocenters. The van der Waals surface area contributed by atoms with Crippen LogP contribution in [0.15, 0.2) is 24.4 Å². The van der Waals surface area contributed by atoms with E-state index in [-0.39, 0.29) is 12.5 Å². The fraction of sp³-hybridized carbons (Fsp3) is 0.286. The monoisotopic (exact) mass is 259 g/mol. The lowest BCUT2D eigenvalue weighted by molar-refractivity contribution is -0.140. The second kappa shape index (κ2) is 5.56. The van der Waals surface area contributed by atoms with Gasteiger partial charge in [0.1, 0.15) is 12.4 Å². The van der Waals surface area contributed by atoms with Crippen molar-refractivity contribution in [2.45, 2.75) is 13.8 Å². The summed E-state index contributed by atoms with van der Waals surface area (Å²) in [6.45, 7) is 4.20. The summed E-state index contributed by atoms with van der Waals surface area (Å²) in [5, 5.41) is 4.85. The number of pyridine rings is 1. The summed E-state index contributed by atoms with van der Waals surface area (Å²) in [5.41, 5.74) is 7.70. The van der Waals surface area contributed by atoms with Gasteiger partial charge in [-0.2, -0.15) is 0 Å². The number of nitrogens with two attached hydrogens (primary N) is 1. The fourth-order valence-electron chi connectivity index (χ4n) is 2.01. The van der Waals surface area contributed by atoms with Gasteiger partial charge in [-0.3, -0.25) is 4.79 Å². The number of nitrogens with one attached hydrogen (secondary N) is 1. The van der Waals surface area contributed by atoms with Crippen LogP contribution in [0.1, 0.15) is 12.5 Å². The first-order valence-corrected chi connectivity index (χ1v) is 6.16. The summed E-state index contributed by atoms with van der Waals surface area (Å²) in [7, 11) is 0. The predicted molar refractivity (Wildman–Crippen MR) is 76.0 cm³/mol. The van der Waals surface area contributed by atoms with Crippen LogP contribution in [-0.2, 0) is 9.53 Å². The van der Waals surface area contributed by atoms with Crippen molar-refractivity contribution < 1.29 is 9.53 Å². The zero-order valence-corrected chi connectivity index (χ0v) is 11.1. The third kappa shape index (κ3) is 2.76. The Kier molecular flexibility index (Phi) is 3.85. The smallest absolute Gasteiger partial charge is 0.325 e. The van der Waals surface area contributed by atoms with Gasteiger partial charge in [0, 0.05) is 22.7 Å². The Morgan fingerprint density at radius 3 is 3.00 bits per heavy atom. The zero-order chi connectivity index (χ0) is 13.8. The Balaban J connectivity index is 2.32. The SMILES string of the molecule is CCOC(=O)CNc1ncc(C)c2c(N)cccc12. The van der Waals surface area contributed by atoms with Crippen LogP contribution in [0.25, 0.3) is 10.8 Å². The van der Waals surface area contributed by atoms with Crippen LogP contribution in [-0.4, -0.2) is 24.1 Å². The Hall–Kier alpha value is -2.30. The van der Waals surface area contributed by atoms with Gasteiger partial charge in [-0.05, 0) is 25.5 Å². The van der Waals surface area contributed by atoms with E-state index >= 15 is 0 Å². The Bertz CT molecular complexity index is 603. The summed E-state index contributed by atoms with van der Waals surface area (Å²) in [6.07, 6.45) is 1.74. The van der Waals surface area contributed by atoms with Crippen LogP contribution in [0.2, 0.25) is 0 Å². The number of carbonyl (C=O) groups excluding carboxylic acids is 1. The number of hydrogen-bond acceptors (Lipinski definition) is 5. The van der Waals surface area contributed by atoms with Crippen LogP contribution in [0.5, 0.6) is 0 Å². The highest BCUT2D eigenvalue weighted by Crippen LogP contribution is 2.28. The van der Waals surface area contributed by atoms with E-state index in [0.29, 0.717) is 18.1 Å². The van der Waals surface area contributed by atoms with Crippen molar-refractivity contribution >= 4 is 28.2 Å². The molecule has 1 aromatic heterocycles. The van der Waals surface area contributed by atoms with E-state index in [1.54, 1.807) is 13.1 Å². The number of aromatic nitrogens is 1. The number of rotatable bonds is 4. The van der Waals surface area contributed by atoms with Gasteiger partial charge in [0.15, 0.2) is 0 Å². The van der Waals surface area contributed by atoms with Crippen molar-refractivity contribution in [1.29, 1.82) is 0 Å². The van der Waals surface area contributed by atoms with Gasteiger partial charge in [0.05, 0.1) is 6.61 Å². The number of ether oxygens (including phenoxy) is 1. The number of nitrogen functional groups attached to an aromatic ring is 1. The van der Waals surface area contributed by atoms with Gasteiger partial charge in [-0.15, -0.1) is 0 Å². The molecule has 1 aromatic carbocycles. The highest BCUT2D eigenvalue weighted by molar-refractivity contribution is 6.01. The summed E-state index contributed by atoms with van der Waals surface area (Å²) >= 11 is 0. The van der Waals surface area contributed by atoms with Crippen molar-refractivity contribution in [1.82, 2.24) is 4.98 Å². The Morgan fingerprint density at radius 2 is 2.26 bits per heavy atom. The van der Waals surface area contributed by atoms with Crippen LogP contribution >= 0.6 is 0 Å². The first kappa shape index (κ1) is 13.1. The number of fused-ring (bicyclic) bond motifs is 1. The van der Waals surface area contributed by atoms with Gasteiger partial charge in [0.25, 0.3) is 0 Å². The molecule has 0 saturated carbocycles. The van der Waals surface area contributed by atoms with Gasteiger partial charge in [0.2, 0.25) is 0 Å². The molecule has 2 rings (SSSR count). The average Bonchev–Trinajstić information content (AvgIpc) is 2.38. The molecule has 0 bridgehead atoms. The molecule has 0 aliphatic heterocycles. The van der Waals surface area contributed by atoms with Crippen molar-refractivity contribution in [3.05, 3.63) is 30.0 Å². The largest absolute Gasteiger partial charge is 0.465 e. The van der Waals surface area contributed by atoms with E-state index in [9.17, 15) is 4.79 Å². The minimum atomic E-state index is -0.304. The molecule has 0 saturated heterocycles. The first-order valence-electron chi connectivity index (χ1n) is 6.16. The molecule has 100 valence electrons. The van der Waals surface area contributed by atoms with Gasteiger partial charge < -0.3 is 15.8 Å². The maximum atomic E-state index is 11.3. The molecule has 5 heteroatoms. The van der Waals surface area contributed by atoms with Crippen molar-refractivity contribution in [2.24, 2.45) is 0 Å². The molecule has 2 aromatic rings. The quantitative estimate of drug-likeness (QED) is 0.649. The third-order valence-corrected chi connectivity index (χ3v) is 2.84. The van der Waals surface area contributed by atoms with Gasteiger partial charge in [-0.1, -0.05) is 12.1 Å². The predicted octanol–water partition coefficient (Wildman–Crippen LogP) is 2.10. The molecule has 0 atom stereocenters. The van der Waals surface area contributed by atoms with E-state index in [0.717, 1.165) is 16.3 Å². The van der Waals surface area contributed by atoms with E-state index in [1.165, 1.54) is 0 Å². The molecule has 0 spiro atoms. The molecule has 0 radical (unpaired) electrons. The second-order valence-corrected chi connectivity index (χ2v) is 4.22. The van der Waals surface area contributed by atoms with Gasteiger partial charge >= 0.3 is 5.97 Å². The van der Waals surface area contributed by atoms with E-state index < -0.39 is 0 Å². The molecular formula is C14H17N3O2. The number of aryl methyl sites for hydroxylation is 1. The molecular weight excluding hydrogens is 242 g/mol. The molecule has 0 amide bonds. The van der Waals surface area contributed by atoms with Crippen molar-refractivity contribution in [3.8, 4) is 0 Å². The molecule has 5 nitrogen and oxygen atoms in total. The maximum absolute atomic E-state index is 11.3. The number of hydrogen-bond donors (Lipinski definition) is 2. The minimum Gasteiger partial charge on any atom is -0.465 e. The molecule has 3 N–H and O–H groups in total. The van der Waals surface area contributed by atoms with Crippen molar-refractivity contribution in [2.75, 3.05) is 24.2 Å². The lowest BCUT2D eigenvalue weighted by Crippen LogP contribution is -2.17. The number of esters is 1. The molecule has 0 aliphatic carbocycles. The number of benzene rings is 1. The molecule has 19 heavy (non-hydrogen) atoms. The van der Waals surface area contributed by atoms with Crippen molar-refractivity contribution in [3.63, 3.8) is 0 Å². The summed E-state index contributed by atoms with van der Waals surface area (Å²) in [6, 6.07) is 5.65. The lowest BCUT2D eigenvalue weighted by atomic mass is 10.1. The number of nitrogens with zero attached hydrogens (tertiary/aromatic N) is 1. The van der Waals surface area contributed by atoms with Gasteiger partial charge in [-0.25, -0.2) is 4.98 Å². The normalized spacial score (nSPS) is 10.4. The first-order chi connectivity index (χ1) is 9.13. The fourth-order valence-corrected chi connectivity index (χ4v) is 2.01. The third-order valence-electron chi connectivity index (χ3n) is 2.84. The molecule has 1 heterocycles. The Morgan fingerprint density at radius 1 is 1.47 bits per heavy atom. The topological polar surface area (TPSA) is 77.2 Å². The lowest BCUT2D eigenvalue weighted by Gasteiger charge is -2.11. The van der Waals surface area contributed by atoms with Crippen LogP contribution < -0.4 is 11.1 Å². The number of carbonyl (C=O) groups is 1. The van der Waals surface area contributed by atoms with Crippen LogP contribution in [0.3, 0.4) is 0 Å². The molecule has 0 aliphatic rings. The van der Waals surface area contributed by atoms with E-state index in [4.69, 9.17) is 10.5 Å². The van der Waals surface area contributed by atoms with Crippen LogP contribution in [0.4, 0.5) is 11.5 Å². The highest BCUT2D eigenvalue weighted by atomic mass is 16.5. The maximum Gasteiger partial charge on any atom is 0.325 e. The molecule has 0 fully saturated rings. The summed E-state index contributed by atoms with van der Waals surface area (Å²) < 4.78 is 4.87. The summed E-state index contributed by atoms with van der Waals surface area (Å²) in [5.74, 6) is 0.336. The average molecular weight is 259 g/mol. The van der Waals surface area contributed by atoms with E-state index in [2.05, 4.69) is 10.3 Å². The van der Waals surface area contributed by atoms with E-state index in [1.807, 2.05) is 25.1 Å². The Labute approximate surface area is 111 Å².